The number of hydrogen-bond donors (Lipinski definition) is 3. The molecular formula is C19H21N3O2S. The van der Waals surface area contributed by atoms with Crippen molar-refractivity contribution in [1.82, 2.24) is 10.6 Å². The Morgan fingerprint density at radius 1 is 1.16 bits per heavy atom. The molecule has 0 unspecified atom stereocenters. The number of benzene rings is 1. The summed E-state index contributed by atoms with van der Waals surface area (Å²) < 4.78 is 0. The van der Waals surface area contributed by atoms with E-state index in [9.17, 15) is 9.59 Å². The number of amides is 2. The van der Waals surface area contributed by atoms with Gasteiger partial charge in [-0.2, -0.15) is 0 Å². The summed E-state index contributed by atoms with van der Waals surface area (Å²) in [6.07, 6.45) is 3.40. The Morgan fingerprint density at radius 3 is 2.72 bits per heavy atom. The molecule has 3 atom stereocenters. The Hall–Kier alpha value is -2.18. The summed E-state index contributed by atoms with van der Waals surface area (Å²) in [6.45, 7) is 1.49. The fourth-order valence-corrected chi connectivity index (χ4v) is 4.77. The standard InChI is InChI=1S/C19H21N3O2S/c1-11(23)20-14-5-3-2-4-13(14)17-8-9-18(25-17)19(24)22-16-10-12-6-7-15(16)21-12/h2-5,8-9,12,15-16,21H,6-7,10H2,1H3,(H,20,23)(H,22,24)/t12-,15+,16-/m1/s1. The molecule has 130 valence electrons. The molecule has 6 heteroatoms. The third-order valence-corrected chi connectivity index (χ3v) is 6.07. The van der Waals surface area contributed by atoms with Gasteiger partial charge >= 0.3 is 0 Å². The van der Waals surface area contributed by atoms with E-state index in [1.54, 1.807) is 0 Å². The van der Waals surface area contributed by atoms with Crippen LogP contribution in [0.1, 0.15) is 35.9 Å². The molecule has 2 aromatic rings. The van der Waals surface area contributed by atoms with Crippen molar-refractivity contribution in [1.29, 1.82) is 0 Å². The smallest absolute Gasteiger partial charge is 0.261 e. The molecule has 3 heterocycles. The monoisotopic (exact) mass is 355 g/mol. The third-order valence-electron chi connectivity index (χ3n) is 4.95. The molecule has 2 aliphatic rings. The van der Waals surface area contributed by atoms with Crippen LogP contribution >= 0.6 is 11.3 Å². The number of nitrogens with one attached hydrogen (secondary N) is 3. The van der Waals surface area contributed by atoms with Gasteiger partial charge in [0.25, 0.3) is 5.91 Å². The van der Waals surface area contributed by atoms with Crippen molar-refractivity contribution in [2.75, 3.05) is 5.32 Å². The molecule has 2 fully saturated rings. The highest BCUT2D eigenvalue weighted by atomic mass is 32.1. The minimum atomic E-state index is -0.106. The molecule has 2 aliphatic heterocycles. The minimum Gasteiger partial charge on any atom is -0.347 e. The van der Waals surface area contributed by atoms with E-state index in [0.29, 0.717) is 17.0 Å². The molecule has 3 N–H and O–H groups in total. The Kier molecular flexibility index (Phi) is 4.31. The normalized spacial score (nSPS) is 24.3. The van der Waals surface area contributed by atoms with E-state index >= 15 is 0 Å². The van der Waals surface area contributed by atoms with Crippen molar-refractivity contribution in [3.63, 3.8) is 0 Å². The Morgan fingerprint density at radius 2 is 2.00 bits per heavy atom. The average molecular weight is 355 g/mol. The minimum absolute atomic E-state index is 0.00684. The van der Waals surface area contributed by atoms with E-state index in [1.165, 1.54) is 24.7 Å². The summed E-state index contributed by atoms with van der Waals surface area (Å²) >= 11 is 1.45. The van der Waals surface area contributed by atoms with E-state index in [0.717, 1.165) is 29.0 Å². The van der Waals surface area contributed by atoms with Gasteiger partial charge in [-0.1, -0.05) is 18.2 Å². The number of hydrogen-bond acceptors (Lipinski definition) is 4. The molecule has 2 amide bonds. The molecule has 0 aliphatic carbocycles. The molecule has 0 saturated carbocycles. The lowest BCUT2D eigenvalue weighted by Crippen LogP contribution is -2.42. The third kappa shape index (κ3) is 3.32. The van der Waals surface area contributed by atoms with Crippen LogP contribution in [0.15, 0.2) is 36.4 Å². The van der Waals surface area contributed by atoms with Crippen molar-refractivity contribution in [2.24, 2.45) is 0 Å². The van der Waals surface area contributed by atoms with Crippen LogP contribution in [0.5, 0.6) is 0 Å². The first-order valence-corrected chi connectivity index (χ1v) is 9.45. The maximum Gasteiger partial charge on any atom is 0.261 e. The maximum atomic E-state index is 12.6. The van der Waals surface area contributed by atoms with Gasteiger partial charge in [0, 0.05) is 41.2 Å². The Labute approximate surface area is 150 Å². The van der Waals surface area contributed by atoms with Crippen molar-refractivity contribution >= 4 is 28.8 Å². The topological polar surface area (TPSA) is 70.2 Å². The summed E-state index contributed by atoms with van der Waals surface area (Å²) in [6, 6.07) is 12.7. The predicted molar refractivity (Wildman–Crippen MR) is 99.9 cm³/mol. The quantitative estimate of drug-likeness (QED) is 0.790. The van der Waals surface area contributed by atoms with Gasteiger partial charge in [-0.05, 0) is 37.5 Å². The second kappa shape index (κ2) is 6.61. The van der Waals surface area contributed by atoms with Gasteiger partial charge in [0.1, 0.15) is 0 Å². The zero-order chi connectivity index (χ0) is 17.4. The van der Waals surface area contributed by atoms with Crippen molar-refractivity contribution in [2.45, 2.75) is 44.3 Å². The number of fused-ring (bicyclic) bond motifs is 2. The molecule has 1 aromatic carbocycles. The lowest BCUT2D eigenvalue weighted by atomic mass is 9.95. The number of carbonyl (C=O) groups excluding carboxylic acids is 2. The lowest BCUT2D eigenvalue weighted by Gasteiger charge is -2.21. The molecule has 1 aromatic heterocycles. The summed E-state index contributed by atoms with van der Waals surface area (Å²) in [5.74, 6) is -0.113. The molecular weight excluding hydrogens is 334 g/mol. The highest BCUT2D eigenvalue weighted by Crippen LogP contribution is 2.34. The van der Waals surface area contributed by atoms with Crippen LogP contribution < -0.4 is 16.0 Å². The SMILES string of the molecule is CC(=O)Nc1ccccc1-c1ccc(C(=O)N[C@@H]2C[C@H]3CC[C@@H]2N3)s1. The summed E-state index contributed by atoms with van der Waals surface area (Å²) in [5, 5.41) is 9.56. The number of anilines is 1. The number of thiophene rings is 1. The van der Waals surface area contributed by atoms with Crippen LogP contribution in [0.2, 0.25) is 0 Å². The largest absolute Gasteiger partial charge is 0.347 e. The van der Waals surface area contributed by atoms with Gasteiger partial charge in [0.15, 0.2) is 0 Å². The Bertz CT molecular complexity index is 817. The predicted octanol–water partition coefficient (Wildman–Crippen LogP) is 3.00. The van der Waals surface area contributed by atoms with Crippen LogP contribution in [-0.2, 0) is 4.79 Å². The molecule has 2 saturated heterocycles. The highest BCUT2D eigenvalue weighted by Gasteiger charge is 2.39. The average Bonchev–Trinajstić information content (AvgIpc) is 3.31. The second-order valence-corrected chi connectivity index (χ2v) is 7.84. The molecule has 0 spiro atoms. The van der Waals surface area contributed by atoms with Crippen LogP contribution in [0.3, 0.4) is 0 Å². The molecule has 5 nitrogen and oxygen atoms in total. The van der Waals surface area contributed by atoms with Gasteiger partial charge in [0.2, 0.25) is 5.91 Å². The highest BCUT2D eigenvalue weighted by molar-refractivity contribution is 7.17. The van der Waals surface area contributed by atoms with Crippen molar-refractivity contribution in [3.05, 3.63) is 41.3 Å². The first kappa shape index (κ1) is 16.3. The van der Waals surface area contributed by atoms with E-state index in [-0.39, 0.29) is 17.9 Å². The summed E-state index contributed by atoms with van der Waals surface area (Å²) in [7, 11) is 0. The van der Waals surface area contributed by atoms with Crippen molar-refractivity contribution in [3.8, 4) is 10.4 Å². The lowest BCUT2D eigenvalue weighted by molar-refractivity contribution is -0.114. The van der Waals surface area contributed by atoms with Crippen molar-refractivity contribution < 1.29 is 9.59 Å². The maximum absolute atomic E-state index is 12.6. The van der Waals surface area contributed by atoms with Gasteiger partial charge < -0.3 is 16.0 Å². The zero-order valence-electron chi connectivity index (χ0n) is 14.0. The molecule has 2 bridgehead atoms. The Balaban J connectivity index is 1.50. The fourth-order valence-electron chi connectivity index (χ4n) is 3.82. The number of para-hydroxylation sites is 1. The zero-order valence-corrected chi connectivity index (χ0v) is 14.9. The summed E-state index contributed by atoms with van der Waals surface area (Å²) in [5.41, 5.74) is 1.70. The van der Waals surface area contributed by atoms with E-state index < -0.39 is 0 Å². The van der Waals surface area contributed by atoms with E-state index in [1.807, 2.05) is 36.4 Å². The molecule has 25 heavy (non-hydrogen) atoms. The first-order valence-electron chi connectivity index (χ1n) is 8.64. The van der Waals surface area contributed by atoms with Crippen LogP contribution in [0, 0.1) is 0 Å². The molecule has 4 rings (SSSR count). The number of carbonyl (C=O) groups is 2. The van der Waals surface area contributed by atoms with Gasteiger partial charge in [-0.15, -0.1) is 11.3 Å². The first-order chi connectivity index (χ1) is 12.1. The molecule has 0 radical (unpaired) electrons. The number of rotatable bonds is 4. The van der Waals surface area contributed by atoms with Gasteiger partial charge in [-0.25, -0.2) is 0 Å². The van der Waals surface area contributed by atoms with Crippen LogP contribution in [0.25, 0.3) is 10.4 Å². The summed E-state index contributed by atoms with van der Waals surface area (Å²) in [4.78, 5) is 25.7. The van der Waals surface area contributed by atoms with Crippen LogP contribution in [-0.4, -0.2) is 29.9 Å². The van der Waals surface area contributed by atoms with Gasteiger partial charge in [-0.3, -0.25) is 9.59 Å². The fraction of sp³-hybridized carbons (Fsp3) is 0.368. The van der Waals surface area contributed by atoms with E-state index in [2.05, 4.69) is 16.0 Å². The van der Waals surface area contributed by atoms with Gasteiger partial charge in [0.05, 0.1) is 4.88 Å². The van der Waals surface area contributed by atoms with Crippen LogP contribution in [0.4, 0.5) is 5.69 Å². The van der Waals surface area contributed by atoms with E-state index in [4.69, 9.17) is 0 Å². The second-order valence-electron chi connectivity index (χ2n) is 6.75.